The molecule has 0 unspecified atom stereocenters. The molecule has 0 aromatic heterocycles. The van der Waals surface area contributed by atoms with E-state index in [1.54, 1.807) is 0 Å². The van der Waals surface area contributed by atoms with Gasteiger partial charge in [0.1, 0.15) is 0 Å². The van der Waals surface area contributed by atoms with Gasteiger partial charge in [-0.05, 0) is 0 Å². The van der Waals surface area contributed by atoms with Crippen LogP contribution in [-0.2, 0) is 33.6 Å². The molecule has 0 aromatic rings. The quantitative estimate of drug-likeness (QED) is 0.610. The molecule has 0 N–H and O–H groups in total. The summed E-state index contributed by atoms with van der Waals surface area (Å²) in [5.74, 6) is -0.533. The van der Waals surface area contributed by atoms with Gasteiger partial charge in [0.25, 0.3) is 0 Å². The van der Waals surface area contributed by atoms with Gasteiger partial charge in [-0.2, -0.15) is 0 Å². The number of carbonyl (C=O) groups excluding carboxylic acids is 2. The molecule has 0 saturated carbocycles. The van der Waals surface area contributed by atoms with Crippen molar-refractivity contribution in [2.75, 3.05) is 0 Å². The van der Waals surface area contributed by atoms with Crippen LogP contribution in [0.15, 0.2) is 44.2 Å². The number of hydrogen-bond acceptors (Lipinski definition) is 4. The molecule has 4 nitrogen and oxygen atoms in total. The number of carbonyl (C=O) groups is 2. The van der Waals surface area contributed by atoms with Gasteiger partial charge in [0.2, 0.25) is 0 Å². The summed E-state index contributed by atoms with van der Waals surface area (Å²) >= 11 is -3.87. The topological polar surface area (TPSA) is 52.6 Å². The van der Waals surface area contributed by atoms with Gasteiger partial charge in [0.05, 0.1) is 0 Å². The Balaban J connectivity index is 2.35. The van der Waals surface area contributed by atoms with Crippen LogP contribution in [0.2, 0.25) is 0 Å². The Morgan fingerprint density at radius 3 is 1.65 bits per heavy atom. The van der Waals surface area contributed by atoms with E-state index in [2.05, 4.69) is 0 Å². The molecule has 23 heavy (non-hydrogen) atoms. The summed E-state index contributed by atoms with van der Waals surface area (Å²) in [6.45, 7) is 3.87. The van der Waals surface area contributed by atoms with E-state index in [1.165, 1.54) is 0 Å². The number of allylic oxidation sites excluding steroid dienone is 8. The van der Waals surface area contributed by atoms with Gasteiger partial charge in [-0.3, -0.25) is 0 Å². The van der Waals surface area contributed by atoms with Crippen LogP contribution in [0.1, 0.15) is 52.4 Å². The molecule has 2 rings (SSSR count). The molecule has 0 aliphatic heterocycles. The SMILES string of the molecule is CCCC(=O)[O][Ti]([O]C(=O)CCC)([C]1=CC=CC1)[C]1=CC=CC1. The van der Waals surface area contributed by atoms with Crippen molar-refractivity contribution in [1.82, 2.24) is 0 Å². The first-order chi connectivity index (χ1) is 11.1. The van der Waals surface area contributed by atoms with Gasteiger partial charge in [0.15, 0.2) is 0 Å². The average Bonchev–Trinajstić information content (AvgIpc) is 3.21. The van der Waals surface area contributed by atoms with Crippen LogP contribution in [0.5, 0.6) is 0 Å². The first-order valence-electron chi connectivity index (χ1n) is 8.28. The maximum atomic E-state index is 12.2. The first kappa shape index (κ1) is 18.0. The van der Waals surface area contributed by atoms with Gasteiger partial charge in [0, 0.05) is 0 Å². The van der Waals surface area contributed by atoms with E-state index in [1.807, 2.05) is 50.3 Å². The Labute approximate surface area is 142 Å². The summed E-state index contributed by atoms with van der Waals surface area (Å²) in [7, 11) is 0. The van der Waals surface area contributed by atoms with Crippen LogP contribution >= 0.6 is 0 Å². The first-order valence-corrected chi connectivity index (χ1v) is 11.1. The van der Waals surface area contributed by atoms with Crippen molar-refractivity contribution < 1.29 is 33.6 Å². The second-order valence-electron chi connectivity index (χ2n) is 5.71. The van der Waals surface area contributed by atoms with E-state index in [4.69, 9.17) is 6.64 Å². The number of hydrogen-bond donors (Lipinski definition) is 0. The van der Waals surface area contributed by atoms with Crippen molar-refractivity contribution in [2.24, 2.45) is 0 Å². The van der Waals surface area contributed by atoms with Gasteiger partial charge < -0.3 is 0 Å². The minimum atomic E-state index is -3.87. The summed E-state index contributed by atoms with van der Waals surface area (Å²) in [4.78, 5) is 24.5. The fourth-order valence-corrected chi connectivity index (χ4v) is 7.74. The van der Waals surface area contributed by atoms with Gasteiger partial charge in [-0.1, -0.05) is 0 Å². The van der Waals surface area contributed by atoms with Crippen molar-refractivity contribution in [3.63, 3.8) is 0 Å². The fraction of sp³-hybridized carbons (Fsp3) is 0.444. The second kappa shape index (κ2) is 8.46. The summed E-state index contributed by atoms with van der Waals surface area (Å²) < 4.78 is 13.9. The molecule has 5 heteroatoms. The normalized spacial score (nSPS) is 16.3. The molecule has 0 atom stereocenters. The zero-order valence-corrected chi connectivity index (χ0v) is 15.4. The Morgan fingerprint density at radius 2 is 1.35 bits per heavy atom. The van der Waals surface area contributed by atoms with Gasteiger partial charge >= 0.3 is 142 Å². The van der Waals surface area contributed by atoms with Crippen LogP contribution in [0.4, 0.5) is 0 Å². The van der Waals surface area contributed by atoms with Crippen molar-refractivity contribution in [2.45, 2.75) is 52.4 Å². The van der Waals surface area contributed by atoms with Crippen LogP contribution in [0.3, 0.4) is 0 Å². The van der Waals surface area contributed by atoms with Gasteiger partial charge in [-0.25, -0.2) is 0 Å². The minimum absolute atomic E-state index is 0.266. The zero-order valence-electron chi connectivity index (χ0n) is 13.8. The molecule has 2 aliphatic rings. The summed E-state index contributed by atoms with van der Waals surface area (Å²) in [6, 6.07) is 0. The number of rotatable bonds is 8. The zero-order chi connectivity index (χ0) is 16.7. The van der Waals surface area contributed by atoms with E-state index >= 15 is 0 Å². The molecular weight excluding hydrogens is 328 g/mol. The predicted octanol–water partition coefficient (Wildman–Crippen LogP) is 4.34. The van der Waals surface area contributed by atoms with Crippen LogP contribution in [0.25, 0.3) is 0 Å². The second-order valence-corrected chi connectivity index (χ2v) is 10.3. The average molecular weight is 352 g/mol. The van der Waals surface area contributed by atoms with E-state index < -0.39 is 17.4 Å². The third-order valence-electron chi connectivity index (χ3n) is 3.81. The van der Waals surface area contributed by atoms with Crippen molar-refractivity contribution in [1.29, 1.82) is 0 Å². The van der Waals surface area contributed by atoms with Crippen molar-refractivity contribution in [3.05, 3.63) is 44.2 Å². The van der Waals surface area contributed by atoms with E-state index in [0.717, 1.165) is 7.76 Å². The van der Waals surface area contributed by atoms with Crippen LogP contribution in [-0.4, -0.2) is 11.9 Å². The fourth-order valence-electron chi connectivity index (χ4n) is 2.70. The van der Waals surface area contributed by atoms with E-state index in [-0.39, 0.29) is 11.9 Å². The Hall–Kier alpha value is -1.39. The van der Waals surface area contributed by atoms with Crippen molar-refractivity contribution in [3.8, 4) is 0 Å². The van der Waals surface area contributed by atoms with E-state index in [0.29, 0.717) is 38.5 Å². The Morgan fingerprint density at radius 1 is 0.913 bits per heavy atom. The Kier molecular flexibility index (Phi) is 6.61. The third kappa shape index (κ3) is 4.33. The molecular formula is C18H24O4Ti. The van der Waals surface area contributed by atoms with Crippen LogP contribution < -0.4 is 0 Å². The molecule has 0 bridgehead atoms. The molecule has 0 amide bonds. The summed E-state index contributed by atoms with van der Waals surface area (Å²) in [5.41, 5.74) is 0. The third-order valence-corrected chi connectivity index (χ3v) is 9.22. The summed E-state index contributed by atoms with van der Waals surface area (Å²) in [6.07, 6.45) is 15.3. The Bertz CT molecular complexity index is 532. The van der Waals surface area contributed by atoms with Crippen molar-refractivity contribution >= 4 is 11.9 Å². The molecule has 0 fully saturated rings. The molecule has 0 saturated heterocycles. The monoisotopic (exact) mass is 352 g/mol. The molecule has 0 radical (unpaired) electrons. The van der Waals surface area contributed by atoms with E-state index in [9.17, 15) is 9.59 Å². The van der Waals surface area contributed by atoms with Crippen LogP contribution in [0, 0.1) is 0 Å². The standard InChI is InChI=1S/2C5H5.2C4H8O2.Ti/c2*1-2-4-5-3-1;2*1-2-3-4(5)6;/h2*1-3H,4H2;2*2-3H2,1H3,(H,5,6);/q;;;;+2/p-2. The predicted molar refractivity (Wildman–Crippen MR) is 85.7 cm³/mol. The molecule has 2 aliphatic carbocycles. The molecule has 0 spiro atoms. The molecule has 124 valence electrons. The van der Waals surface area contributed by atoms with Gasteiger partial charge in [-0.15, -0.1) is 0 Å². The molecule has 0 heterocycles. The summed E-state index contributed by atoms with van der Waals surface area (Å²) in [5, 5.41) is 0. The maximum absolute atomic E-state index is 12.2. The molecule has 0 aromatic carbocycles.